The van der Waals surface area contributed by atoms with E-state index in [1.165, 1.54) is 15.4 Å². The molecule has 0 saturated carbocycles. The van der Waals surface area contributed by atoms with Gasteiger partial charge >= 0.3 is 0 Å². The van der Waals surface area contributed by atoms with Crippen molar-refractivity contribution in [1.29, 1.82) is 0 Å². The summed E-state index contributed by atoms with van der Waals surface area (Å²) >= 11 is 0. The molecule has 16 nitrogen and oxygen atoms in total. The fraction of sp³-hybridized carbons (Fsp3) is 0.636. The number of carbonyl (C=O) groups is 8. The molecule has 2 aromatic rings. The first-order valence-electron chi connectivity index (χ1n) is 25.7. The highest BCUT2D eigenvalue weighted by atomic mass is 35.5. The summed E-state index contributed by atoms with van der Waals surface area (Å²) in [6, 6.07) is 9.37. The van der Waals surface area contributed by atoms with Crippen molar-refractivity contribution < 1.29 is 38.4 Å². The highest BCUT2D eigenvalue weighted by Gasteiger charge is 2.48. The van der Waals surface area contributed by atoms with E-state index in [0.717, 1.165) is 24.8 Å². The fourth-order valence-corrected chi connectivity index (χ4v) is 9.84. The van der Waals surface area contributed by atoms with E-state index in [9.17, 15) is 38.4 Å². The number of ketones is 2. The van der Waals surface area contributed by atoms with Crippen molar-refractivity contribution in [2.24, 2.45) is 28.6 Å². The predicted molar refractivity (Wildman–Crippen MR) is 289 cm³/mol. The Hall–Kier alpha value is -4.90. The third-order valence-electron chi connectivity index (χ3n) is 14.9. The number of hydrogen-bond acceptors (Lipinski definition) is 10. The second-order valence-corrected chi connectivity index (χ2v) is 22.9. The molecule has 0 spiro atoms. The van der Waals surface area contributed by atoms with Crippen molar-refractivity contribution in [3.8, 4) is 0 Å². The molecule has 5 rings (SSSR count). The van der Waals surface area contributed by atoms with Gasteiger partial charge in [0.1, 0.15) is 24.2 Å². The molecule has 2 aliphatic heterocycles. The van der Waals surface area contributed by atoms with Gasteiger partial charge in [0.05, 0.1) is 18.1 Å². The lowest BCUT2D eigenvalue weighted by molar-refractivity contribution is -0.144. The monoisotopic (exact) mass is 1050 g/mol. The lowest BCUT2D eigenvalue weighted by Crippen LogP contribution is -2.60. The van der Waals surface area contributed by atoms with Crippen LogP contribution in [-0.4, -0.2) is 126 Å². The van der Waals surface area contributed by atoms with Crippen LogP contribution in [0.2, 0.25) is 0 Å². The summed E-state index contributed by atoms with van der Waals surface area (Å²) in [5.74, 6) is -3.30. The number of halogens is 2. The molecule has 406 valence electrons. The molecule has 2 saturated heterocycles. The van der Waals surface area contributed by atoms with Crippen LogP contribution in [0.5, 0.6) is 0 Å². The van der Waals surface area contributed by atoms with E-state index in [1.807, 2.05) is 80.5 Å². The summed E-state index contributed by atoms with van der Waals surface area (Å²) in [5.41, 5.74) is 1.44. The van der Waals surface area contributed by atoms with Crippen LogP contribution >= 0.6 is 24.8 Å². The first kappa shape index (κ1) is 62.4. The number of hydrogen-bond donors (Lipinski definition) is 6. The van der Waals surface area contributed by atoms with Crippen molar-refractivity contribution in [3.05, 3.63) is 70.8 Å². The topological polar surface area (TPSA) is 215 Å². The Bertz CT molecular complexity index is 2300. The normalized spacial score (nSPS) is 21.8. The Labute approximate surface area is 446 Å². The number of Topliss-reactive ketones (excluding diaryl/α,β-unsaturated/α-hetero) is 2. The van der Waals surface area contributed by atoms with Gasteiger partial charge in [0.25, 0.3) is 0 Å². The average Bonchev–Trinajstić information content (AvgIpc) is 3.95. The van der Waals surface area contributed by atoms with Crippen LogP contribution in [0.25, 0.3) is 0 Å². The minimum Gasteiger partial charge on any atom is -0.352 e. The maximum atomic E-state index is 14.7. The van der Waals surface area contributed by atoms with Crippen LogP contribution in [0.15, 0.2) is 48.5 Å². The SMILES string of the molecule is CN[C@@H](C)C(=O)N[C@H](C(=O)N1C[C@@H](CC(=O)c2cccc(C(=O)C[C@H]3C[C@@H](C(=O)N[C@H](C)C(C)C)N(C(=O)[C@@H](NC(=O)[C@H](C)NC)C(C)(C)C)C3)c2)C[C@H]1C(=O)N[C@@H]1CCCc2ccccc21)C(C)(C)C.Cl.Cl. The van der Waals surface area contributed by atoms with Gasteiger partial charge in [-0.15, -0.1) is 24.8 Å². The van der Waals surface area contributed by atoms with E-state index in [4.69, 9.17) is 0 Å². The van der Waals surface area contributed by atoms with Crippen LogP contribution in [0, 0.1) is 28.6 Å². The number of likely N-dealkylation sites (N-methyl/N-ethyl adjacent to an activating group) is 2. The smallest absolute Gasteiger partial charge is 0.246 e. The van der Waals surface area contributed by atoms with E-state index >= 15 is 0 Å². The van der Waals surface area contributed by atoms with E-state index in [0.29, 0.717) is 11.1 Å². The lowest BCUT2D eigenvalue weighted by atomic mass is 9.85. The number of nitrogens with zero attached hydrogens (tertiary/aromatic N) is 2. The number of benzene rings is 2. The number of aryl methyl sites for hydroxylation is 1. The molecule has 73 heavy (non-hydrogen) atoms. The summed E-state index contributed by atoms with van der Waals surface area (Å²) in [7, 11) is 3.32. The van der Waals surface area contributed by atoms with Crippen LogP contribution in [0.3, 0.4) is 0 Å². The Morgan fingerprint density at radius 3 is 1.51 bits per heavy atom. The van der Waals surface area contributed by atoms with E-state index < -0.39 is 70.7 Å². The quantitative estimate of drug-likeness (QED) is 0.0939. The first-order chi connectivity index (χ1) is 33.2. The van der Waals surface area contributed by atoms with Gasteiger partial charge in [0, 0.05) is 43.1 Å². The molecule has 2 fully saturated rings. The minimum atomic E-state index is -0.958. The molecular formula is C55H84Cl2N8O8. The molecule has 0 bridgehead atoms. The third-order valence-corrected chi connectivity index (χ3v) is 14.9. The molecule has 0 unspecified atom stereocenters. The van der Waals surface area contributed by atoms with E-state index in [1.54, 1.807) is 52.2 Å². The Kier molecular flexibility index (Phi) is 22.7. The summed E-state index contributed by atoms with van der Waals surface area (Å²) in [6.07, 6.45) is 3.04. The number of fused-ring (bicyclic) bond motifs is 1. The molecule has 6 N–H and O–H groups in total. The Morgan fingerprint density at radius 2 is 1.07 bits per heavy atom. The molecule has 1 aliphatic carbocycles. The van der Waals surface area contributed by atoms with Crippen molar-refractivity contribution >= 4 is 71.8 Å². The molecule has 2 heterocycles. The molecule has 18 heteroatoms. The zero-order valence-corrected chi connectivity index (χ0v) is 46.9. The molecule has 10 atom stereocenters. The van der Waals surface area contributed by atoms with E-state index in [-0.39, 0.29) is 117 Å². The van der Waals surface area contributed by atoms with Gasteiger partial charge in [-0.25, -0.2) is 0 Å². The van der Waals surface area contributed by atoms with Gasteiger partial charge in [-0.3, -0.25) is 38.4 Å². The van der Waals surface area contributed by atoms with Crippen molar-refractivity contribution in [2.75, 3.05) is 27.2 Å². The maximum Gasteiger partial charge on any atom is 0.246 e. The molecule has 6 amide bonds. The summed E-state index contributed by atoms with van der Waals surface area (Å²) in [6.45, 7) is 20.7. The fourth-order valence-electron chi connectivity index (χ4n) is 9.84. The summed E-state index contributed by atoms with van der Waals surface area (Å²) in [4.78, 5) is 115. The number of carbonyl (C=O) groups excluding carboxylic acids is 8. The first-order valence-corrected chi connectivity index (χ1v) is 25.7. The van der Waals surface area contributed by atoms with Crippen LogP contribution in [0.1, 0.15) is 153 Å². The average molecular weight is 1060 g/mol. The summed E-state index contributed by atoms with van der Waals surface area (Å²) < 4.78 is 0. The molecule has 0 radical (unpaired) electrons. The third kappa shape index (κ3) is 15.8. The second kappa shape index (κ2) is 26.5. The van der Waals surface area contributed by atoms with Gasteiger partial charge in [-0.05, 0) is 113 Å². The molecule has 0 aromatic heterocycles. The van der Waals surface area contributed by atoms with Gasteiger partial charge in [0.15, 0.2) is 11.6 Å². The predicted octanol–water partition coefficient (Wildman–Crippen LogP) is 5.74. The van der Waals surface area contributed by atoms with Gasteiger partial charge < -0.3 is 41.7 Å². The number of rotatable bonds is 19. The van der Waals surface area contributed by atoms with E-state index in [2.05, 4.69) is 38.0 Å². The molecular weight excluding hydrogens is 972 g/mol. The highest BCUT2D eigenvalue weighted by Crippen LogP contribution is 2.35. The zero-order valence-electron chi connectivity index (χ0n) is 45.3. The number of nitrogens with one attached hydrogen (secondary N) is 6. The summed E-state index contributed by atoms with van der Waals surface area (Å²) in [5, 5.41) is 18.0. The number of amides is 6. The van der Waals surface area contributed by atoms with Gasteiger partial charge in [0.2, 0.25) is 35.4 Å². The van der Waals surface area contributed by atoms with Crippen LogP contribution < -0.4 is 31.9 Å². The number of likely N-dealkylation sites (tertiary alicyclic amines) is 2. The minimum absolute atomic E-state index is 0. The lowest BCUT2D eigenvalue weighted by Gasteiger charge is -2.36. The second-order valence-electron chi connectivity index (χ2n) is 22.9. The Balaban J connectivity index is 0.00000703. The van der Waals surface area contributed by atoms with Crippen LogP contribution in [0.4, 0.5) is 0 Å². The van der Waals surface area contributed by atoms with Crippen molar-refractivity contribution in [3.63, 3.8) is 0 Å². The standard InChI is InChI=1S/C55H82N8O8.2ClH/c1-31(2)32(3)58-50(68)42-24-35(29-62(42)52(70)46(54(6,7)8)60-48(66)33(4)56-12)26-44(64)38-20-16-21-39(28-38)45(65)27-36-25-43(51(69)59-41-23-17-19-37-18-14-15-22-40(37)41)63(30-36)53(71)47(55(9,10)11)61-49(67)34(5)57-13;;/h14-16,18,20-22,28,31-36,41-43,46-47,56-57H,17,19,23-27,29-30H2,1-13H3,(H,58,68)(H,59,69)(H,60,66)(H,61,67);2*1H/t32-,33+,34+,35-,36-,41-,42+,43+,46-,47-;;/m1../s1. The largest absolute Gasteiger partial charge is 0.352 e. The Morgan fingerprint density at radius 1 is 0.616 bits per heavy atom. The van der Waals surface area contributed by atoms with Gasteiger partial charge in [-0.1, -0.05) is 97.9 Å². The maximum absolute atomic E-state index is 14.7. The highest BCUT2D eigenvalue weighted by molar-refractivity contribution is 6.02. The van der Waals surface area contributed by atoms with Crippen LogP contribution in [-0.2, 0) is 35.2 Å². The molecule has 2 aromatic carbocycles. The van der Waals surface area contributed by atoms with Crippen molar-refractivity contribution in [1.82, 2.24) is 41.7 Å². The zero-order chi connectivity index (χ0) is 52.7. The molecule has 3 aliphatic rings. The van der Waals surface area contributed by atoms with Crippen molar-refractivity contribution in [2.45, 2.75) is 169 Å². The van der Waals surface area contributed by atoms with Gasteiger partial charge in [-0.2, -0.15) is 0 Å².